The average Bonchev–Trinajstić information content (AvgIpc) is 3.47. The molecule has 0 aliphatic carbocycles. The highest BCUT2D eigenvalue weighted by Gasteiger charge is 2.42. The van der Waals surface area contributed by atoms with Crippen LogP contribution >= 0.6 is 23.2 Å². The molecule has 0 bridgehead atoms. The quantitative estimate of drug-likeness (QED) is 0.493. The van der Waals surface area contributed by atoms with Crippen molar-refractivity contribution in [1.29, 1.82) is 0 Å². The van der Waals surface area contributed by atoms with Crippen LogP contribution in [0.1, 0.15) is 43.5 Å². The summed E-state index contributed by atoms with van der Waals surface area (Å²) in [5, 5.41) is 25.6. The van der Waals surface area contributed by atoms with Crippen molar-refractivity contribution in [3.05, 3.63) is 45.7 Å². The summed E-state index contributed by atoms with van der Waals surface area (Å²) in [5.74, 6) is -0.779. The molecule has 192 valence electrons. The van der Waals surface area contributed by atoms with E-state index in [-0.39, 0.29) is 24.7 Å². The number of nitrogens with zero attached hydrogens (tertiary/aromatic N) is 6. The van der Waals surface area contributed by atoms with Gasteiger partial charge in [0.25, 0.3) is 0 Å². The fourth-order valence-electron chi connectivity index (χ4n) is 5.71. The molecule has 2 N–H and O–H groups in total. The lowest BCUT2D eigenvalue weighted by Gasteiger charge is -2.43. The second kappa shape index (κ2) is 10.1. The molecule has 2 aromatic heterocycles. The van der Waals surface area contributed by atoms with Crippen LogP contribution in [-0.2, 0) is 4.79 Å². The molecule has 11 heteroatoms. The molecule has 4 atom stereocenters. The molecule has 4 heterocycles. The summed E-state index contributed by atoms with van der Waals surface area (Å²) < 4.78 is 1.81. The lowest BCUT2D eigenvalue weighted by Crippen LogP contribution is -2.55. The van der Waals surface area contributed by atoms with Crippen molar-refractivity contribution in [1.82, 2.24) is 24.6 Å². The minimum atomic E-state index is -0.825. The third kappa shape index (κ3) is 4.53. The van der Waals surface area contributed by atoms with Gasteiger partial charge in [0, 0.05) is 35.2 Å². The van der Waals surface area contributed by atoms with Gasteiger partial charge in [0.2, 0.25) is 0 Å². The summed E-state index contributed by atoms with van der Waals surface area (Å²) in [6.45, 7) is 5.77. The van der Waals surface area contributed by atoms with E-state index in [1.165, 1.54) is 0 Å². The number of aliphatic hydroxyl groups excluding tert-OH is 1. The molecule has 4 unspecified atom stereocenters. The fourth-order valence-corrected chi connectivity index (χ4v) is 6.28. The molecule has 1 aromatic carbocycles. The van der Waals surface area contributed by atoms with Crippen LogP contribution in [0.15, 0.2) is 24.4 Å². The number of carboxylic acid groups (broad SMARTS) is 1. The van der Waals surface area contributed by atoms with Gasteiger partial charge in [-0.25, -0.2) is 14.6 Å². The second-order valence-corrected chi connectivity index (χ2v) is 10.6. The third-order valence-corrected chi connectivity index (χ3v) is 8.18. The van der Waals surface area contributed by atoms with Crippen LogP contribution in [0.3, 0.4) is 0 Å². The van der Waals surface area contributed by atoms with E-state index in [1.807, 2.05) is 29.5 Å². The number of carboxylic acids is 1. The minimum absolute atomic E-state index is 0.0399. The van der Waals surface area contributed by atoms with Crippen molar-refractivity contribution < 1.29 is 15.0 Å². The van der Waals surface area contributed by atoms with Crippen LogP contribution in [0.2, 0.25) is 10.0 Å². The Kier molecular flexibility index (Phi) is 7.09. The molecule has 3 aromatic rings. The predicted molar refractivity (Wildman–Crippen MR) is 139 cm³/mol. The van der Waals surface area contributed by atoms with E-state index in [0.29, 0.717) is 46.5 Å². The molecule has 36 heavy (non-hydrogen) atoms. The molecule has 0 spiro atoms. The smallest absolute Gasteiger partial charge is 0.309 e. The van der Waals surface area contributed by atoms with E-state index in [4.69, 9.17) is 33.3 Å². The monoisotopic (exact) mass is 532 g/mol. The van der Waals surface area contributed by atoms with Gasteiger partial charge in [0.05, 0.1) is 30.5 Å². The number of aliphatic hydroxyl groups is 1. The van der Waals surface area contributed by atoms with Gasteiger partial charge in [-0.05, 0) is 57.4 Å². The number of likely N-dealkylation sites (tertiary alicyclic amines) is 1. The second-order valence-electron chi connectivity index (χ2n) is 9.74. The fraction of sp³-hybridized carbons (Fsp3) is 0.520. The number of halogens is 2. The van der Waals surface area contributed by atoms with Gasteiger partial charge >= 0.3 is 5.97 Å². The molecular weight excluding hydrogens is 503 g/mol. The van der Waals surface area contributed by atoms with E-state index in [9.17, 15) is 15.0 Å². The first-order valence-corrected chi connectivity index (χ1v) is 13.0. The predicted octanol–water partition coefficient (Wildman–Crippen LogP) is 3.79. The average molecular weight is 533 g/mol. The number of benzene rings is 1. The molecule has 2 aliphatic heterocycles. The number of hydrogen-bond donors (Lipinski definition) is 2. The summed E-state index contributed by atoms with van der Waals surface area (Å²) in [7, 11) is 0. The van der Waals surface area contributed by atoms with E-state index in [1.54, 1.807) is 18.3 Å². The Morgan fingerprint density at radius 2 is 2.06 bits per heavy atom. The van der Waals surface area contributed by atoms with Crippen LogP contribution < -0.4 is 4.90 Å². The van der Waals surface area contributed by atoms with Crippen LogP contribution in [0.5, 0.6) is 0 Å². The molecule has 2 saturated heterocycles. The first kappa shape index (κ1) is 25.2. The summed E-state index contributed by atoms with van der Waals surface area (Å²) in [5.41, 5.74) is 2.95. The number of anilines is 1. The Bertz CT molecular complexity index is 1280. The SMILES string of the molecule is Cc1nn(C(C)c2ccc(Cl)cc2Cl)c2nc(N3CCC(N4CCCC4CO)C(C(=O)O)C3)cnc12. The van der Waals surface area contributed by atoms with Gasteiger partial charge in [-0.1, -0.05) is 29.3 Å². The summed E-state index contributed by atoms with van der Waals surface area (Å²) >= 11 is 12.6. The van der Waals surface area contributed by atoms with Crippen molar-refractivity contribution in [2.24, 2.45) is 5.92 Å². The molecule has 0 amide bonds. The lowest BCUT2D eigenvalue weighted by atomic mass is 9.90. The van der Waals surface area contributed by atoms with E-state index in [0.717, 1.165) is 30.6 Å². The summed E-state index contributed by atoms with van der Waals surface area (Å²) in [6.07, 6.45) is 4.28. The van der Waals surface area contributed by atoms with E-state index < -0.39 is 11.9 Å². The zero-order valence-electron chi connectivity index (χ0n) is 20.3. The molecule has 5 rings (SSSR count). The standard InChI is InChI=1S/C25H30Cl2N6O3/c1-14-23-24(33(30-14)15(2)18-6-5-16(26)10-20(18)27)29-22(11-28-23)31-9-7-21(19(12-31)25(35)36)32-8-3-4-17(32)13-34/h5-6,10-11,15,17,19,21,34H,3-4,7-9,12-13H2,1-2H3,(H,35,36). The Morgan fingerprint density at radius 1 is 1.25 bits per heavy atom. The first-order valence-electron chi connectivity index (χ1n) is 12.3. The van der Waals surface area contributed by atoms with Gasteiger partial charge in [0.1, 0.15) is 11.3 Å². The van der Waals surface area contributed by atoms with Gasteiger partial charge in [-0.2, -0.15) is 5.10 Å². The largest absolute Gasteiger partial charge is 0.481 e. The van der Waals surface area contributed by atoms with E-state index >= 15 is 0 Å². The zero-order valence-corrected chi connectivity index (χ0v) is 21.8. The van der Waals surface area contributed by atoms with E-state index in [2.05, 4.69) is 9.88 Å². The number of piperidine rings is 1. The number of carbonyl (C=O) groups is 1. The summed E-state index contributed by atoms with van der Waals surface area (Å²) in [6, 6.07) is 5.12. The van der Waals surface area contributed by atoms with Gasteiger partial charge < -0.3 is 15.1 Å². The maximum atomic E-state index is 12.3. The Balaban J connectivity index is 1.45. The highest BCUT2D eigenvalue weighted by Crippen LogP contribution is 2.33. The van der Waals surface area contributed by atoms with Crippen molar-refractivity contribution in [2.75, 3.05) is 31.1 Å². The molecule has 2 fully saturated rings. The third-order valence-electron chi connectivity index (χ3n) is 7.62. The van der Waals surface area contributed by atoms with Crippen molar-refractivity contribution in [3.8, 4) is 0 Å². The van der Waals surface area contributed by atoms with Gasteiger partial charge in [-0.15, -0.1) is 0 Å². The van der Waals surface area contributed by atoms with Gasteiger partial charge in [0.15, 0.2) is 5.65 Å². The maximum Gasteiger partial charge on any atom is 0.309 e. The zero-order chi connectivity index (χ0) is 25.6. The number of aliphatic carboxylic acids is 1. The number of hydrogen-bond acceptors (Lipinski definition) is 7. The molecule has 9 nitrogen and oxygen atoms in total. The molecule has 0 radical (unpaired) electrons. The topological polar surface area (TPSA) is 108 Å². The Hall–Kier alpha value is -2.46. The highest BCUT2D eigenvalue weighted by atomic mass is 35.5. The van der Waals surface area contributed by atoms with Crippen molar-refractivity contribution in [2.45, 2.75) is 51.2 Å². The highest BCUT2D eigenvalue weighted by molar-refractivity contribution is 6.35. The van der Waals surface area contributed by atoms with Crippen LogP contribution in [0.4, 0.5) is 5.82 Å². The van der Waals surface area contributed by atoms with Crippen LogP contribution in [0.25, 0.3) is 11.2 Å². The number of fused-ring (bicyclic) bond motifs is 1. The van der Waals surface area contributed by atoms with Crippen molar-refractivity contribution >= 4 is 46.2 Å². The Morgan fingerprint density at radius 3 is 2.78 bits per heavy atom. The first-order chi connectivity index (χ1) is 17.3. The normalized spacial score (nSPS) is 23.9. The lowest BCUT2D eigenvalue weighted by molar-refractivity contribution is -0.144. The number of rotatable bonds is 6. The number of aryl methyl sites for hydroxylation is 1. The van der Waals surface area contributed by atoms with Crippen molar-refractivity contribution in [3.63, 3.8) is 0 Å². The Labute approximate surface area is 219 Å². The summed E-state index contributed by atoms with van der Waals surface area (Å²) in [4.78, 5) is 26.0. The van der Waals surface area contributed by atoms with Crippen LogP contribution in [0, 0.1) is 12.8 Å². The van der Waals surface area contributed by atoms with Crippen LogP contribution in [-0.4, -0.2) is 79.2 Å². The minimum Gasteiger partial charge on any atom is -0.481 e. The molecular formula is C25H30Cl2N6O3. The van der Waals surface area contributed by atoms with Gasteiger partial charge in [-0.3, -0.25) is 9.69 Å². The molecule has 0 saturated carbocycles. The maximum absolute atomic E-state index is 12.3. The number of aromatic nitrogens is 4. The molecule has 2 aliphatic rings.